The largest absolute Gasteiger partial charge is 0.492 e. The second kappa shape index (κ2) is 8.42. The van der Waals surface area contributed by atoms with Crippen molar-refractivity contribution >= 4 is 5.69 Å². The van der Waals surface area contributed by atoms with Crippen LogP contribution in [0.5, 0.6) is 5.75 Å². The summed E-state index contributed by atoms with van der Waals surface area (Å²) in [4.78, 5) is 2.56. The Bertz CT molecular complexity index is 817. The summed E-state index contributed by atoms with van der Waals surface area (Å²) in [5, 5.41) is 0. The van der Waals surface area contributed by atoms with E-state index < -0.39 is 0 Å². The third kappa shape index (κ3) is 4.47. The lowest BCUT2D eigenvalue weighted by Crippen LogP contribution is -2.50. The van der Waals surface area contributed by atoms with Crippen LogP contribution in [0.15, 0.2) is 42.5 Å². The van der Waals surface area contributed by atoms with Crippen molar-refractivity contribution in [2.75, 3.05) is 18.1 Å². The molecule has 1 unspecified atom stereocenters. The number of fused-ring (bicyclic) bond motifs is 1. The van der Waals surface area contributed by atoms with E-state index in [9.17, 15) is 0 Å². The first kappa shape index (κ1) is 20.3. The summed E-state index contributed by atoms with van der Waals surface area (Å²) in [7, 11) is 0. The van der Waals surface area contributed by atoms with Gasteiger partial charge in [-0.05, 0) is 86.8 Å². The van der Waals surface area contributed by atoms with Gasteiger partial charge < -0.3 is 9.64 Å². The predicted molar refractivity (Wildman–Crippen MR) is 123 cm³/mol. The molecular formula is C27H37NO. The first-order valence-corrected chi connectivity index (χ1v) is 11.5. The van der Waals surface area contributed by atoms with E-state index in [0.717, 1.165) is 18.2 Å². The van der Waals surface area contributed by atoms with Gasteiger partial charge in [-0.1, -0.05) is 50.5 Å². The zero-order valence-electron chi connectivity index (χ0n) is 18.7. The van der Waals surface area contributed by atoms with Gasteiger partial charge in [0.2, 0.25) is 0 Å². The van der Waals surface area contributed by atoms with Crippen LogP contribution in [-0.4, -0.2) is 18.7 Å². The SMILES string of the molecule is Cc1ccc2c(c1)N(CCOc1ccc(C3CCCCC3)cc1)C(C)(C)CC2C. The van der Waals surface area contributed by atoms with E-state index in [1.807, 2.05) is 0 Å². The summed E-state index contributed by atoms with van der Waals surface area (Å²) in [5.41, 5.74) is 5.84. The number of benzene rings is 2. The monoisotopic (exact) mass is 391 g/mol. The molecule has 0 bridgehead atoms. The molecular weight excluding hydrogens is 354 g/mol. The Morgan fingerprint density at radius 3 is 2.45 bits per heavy atom. The van der Waals surface area contributed by atoms with Crippen LogP contribution in [0.3, 0.4) is 0 Å². The normalized spacial score (nSPS) is 21.7. The van der Waals surface area contributed by atoms with Crippen LogP contribution >= 0.6 is 0 Å². The molecule has 0 amide bonds. The molecule has 0 radical (unpaired) electrons. The molecule has 1 atom stereocenters. The number of hydrogen-bond donors (Lipinski definition) is 0. The zero-order valence-corrected chi connectivity index (χ0v) is 18.7. The minimum absolute atomic E-state index is 0.147. The highest BCUT2D eigenvalue weighted by atomic mass is 16.5. The average Bonchev–Trinajstić information content (AvgIpc) is 2.71. The van der Waals surface area contributed by atoms with Crippen molar-refractivity contribution < 1.29 is 4.74 Å². The number of rotatable bonds is 5. The van der Waals surface area contributed by atoms with Gasteiger partial charge >= 0.3 is 0 Å². The Kier molecular flexibility index (Phi) is 5.90. The van der Waals surface area contributed by atoms with E-state index in [2.05, 4.69) is 75.1 Å². The minimum atomic E-state index is 0.147. The molecule has 1 aliphatic heterocycles. The molecule has 1 fully saturated rings. The van der Waals surface area contributed by atoms with Crippen molar-refractivity contribution in [2.45, 2.75) is 83.6 Å². The Morgan fingerprint density at radius 1 is 1.00 bits per heavy atom. The molecule has 1 saturated carbocycles. The zero-order chi connectivity index (χ0) is 20.4. The lowest BCUT2D eigenvalue weighted by Gasteiger charge is -2.47. The Hall–Kier alpha value is -1.96. The van der Waals surface area contributed by atoms with Crippen molar-refractivity contribution in [2.24, 2.45) is 0 Å². The second-order valence-corrected chi connectivity index (χ2v) is 9.88. The maximum absolute atomic E-state index is 6.17. The van der Waals surface area contributed by atoms with Crippen molar-refractivity contribution in [1.82, 2.24) is 0 Å². The first-order chi connectivity index (χ1) is 13.9. The van der Waals surface area contributed by atoms with E-state index in [4.69, 9.17) is 4.74 Å². The fourth-order valence-electron chi connectivity index (χ4n) is 5.55. The fraction of sp³-hybridized carbons (Fsp3) is 0.556. The lowest BCUT2D eigenvalue weighted by atomic mass is 9.80. The molecule has 2 aromatic rings. The molecule has 0 saturated heterocycles. The summed E-state index contributed by atoms with van der Waals surface area (Å²) >= 11 is 0. The van der Waals surface area contributed by atoms with Crippen LogP contribution in [0.4, 0.5) is 5.69 Å². The minimum Gasteiger partial charge on any atom is -0.492 e. The third-order valence-corrected chi connectivity index (χ3v) is 7.08. The standard InChI is InChI=1S/C27H37NO/c1-20-10-15-25-21(2)19-27(3,4)28(26(25)18-20)16-17-29-24-13-11-23(12-14-24)22-8-6-5-7-9-22/h10-15,18,21-22H,5-9,16-17,19H2,1-4H3. The van der Waals surface area contributed by atoms with E-state index in [0.29, 0.717) is 12.5 Å². The number of nitrogens with zero attached hydrogens (tertiary/aromatic N) is 1. The van der Waals surface area contributed by atoms with Gasteiger partial charge in [0.05, 0.1) is 6.54 Å². The number of aryl methyl sites for hydroxylation is 1. The van der Waals surface area contributed by atoms with Gasteiger partial charge in [0.1, 0.15) is 12.4 Å². The van der Waals surface area contributed by atoms with Crippen LogP contribution in [0.1, 0.15) is 87.8 Å². The highest BCUT2D eigenvalue weighted by molar-refractivity contribution is 5.61. The molecule has 0 spiro atoms. The Morgan fingerprint density at radius 2 is 1.72 bits per heavy atom. The molecule has 0 aromatic heterocycles. The van der Waals surface area contributed by atoms with Crippen LogP contribution in [0.25, 0.3) is 0 Å². The molecule has 29 heavy (non-hydrogen) atoms. The van der Waals surface area contributed by atoms with Gasteiger partial charge in [-0.3, -0.25) is 0 Å². The van der Waals surface area contributed by atoms with Crippen molar-refractivity contribution in [1.29, 1.82) is 0 Å². The van der Waals surface area contributed by atoms with Crippen LogP contribution in [-0.2, 0) is 0 Å². The maximum atomic E-state index is 6.17. The van der Waals surface area contributed by atoms with Crippen LogP contribution in [0.2, 0.25) is 0 Å². The third-order valence-electron chi connectivity index (χ3n) is 7.08. The van der Waals surface area contributed by atoms with Gasteiger partial charge in [-0.2, -0.15) is 0 Å². The summed E-state index contributed by atoms with van der Waals surface area (Å²) in [5.74, 6) is 2.36. The van der Waals surface area contributed by atoms with Gasteiger partial charge in [0.15, 0.2) is 0 Å². The second-order valence-electron chi connectivity index (χ2n) is 9.88. The molecule has 2 nitrogen and oxygen atoms in total. The Labute approximate surface area is 177 Å². The summed E-state index contributed by atoms with van der Waals surface area (Å²) in [6, 6.07) is 15.8. The quantitative estimate of drug-likeness (QED) is 0.534. The first-order valence-electron chi connectivity index (χ1n) is 11.5. The number of hydrogen-bond acceptors (Lipinski definition) is 2. The lowest BCUT2D eigenvalue weighted by molar-refractivity contribution is 0.294. The Balaban J connectivity index is 1.41. The van der Waals surface area contributed by atoms with Crippen molar-refractivity contribution in [3.05, 3.63) is 59.2 Å². The van der Waals surface area contributed by atoms with E-state index in [1.165, 1.54) is 60.9 Å². The topological polar surface area (TPSA) is 12.5 Å². The smallest absolute Gasteiger partial charge is 0.119 e. The maximum Gasteiger partial charge on any atom is 0.119 e. The van der Waals surface area contributed by atoms with Gasteiger partial charge in [0, 0.05) is 11.2 Å². The molecule has 4 rings (SSSR count). The van der Waals surface area contributed by atoms with Crippen molar-refractivity contribution in [3.63, 3.8) is 0 Å². The highest BCUT2D eigenvalue weighted by Crippen LogP contribution is 2.43. The molecule has 2 heteroatoms. The van der Waals surface area contributed by atoms with E-state index >= 15 is 0 Å². The number of ether oxygens (including phenoxy) is 1. The summed E-state index contributed by atoms with van der Waals surface area (Å²) in [6.07, 6.45) is 8.05. The van der Waals surface area contributed by atoms with Crippen molar-refractivity contribution in [3.8, 4) is 5.75 Å². The van der Waals surface area contributed by atoms with Crippen LogP contribution < -0.4 is 9.64 Å². The number of anilines is 1. The molecule has 2 aromatic carbocycles. The highest BCUT2D eigenvalue weighted by Gasteiger charge is 2.36. The average molecular weight is 392 g/mol. The summed E-state index contributed by atoms with van der Waals surface area (Å²) < 4.78 is 6.17. The molecule has 0 N–H and O–H groups in total. The summed E-state index contributed by atoms with van der Waals surface area (Å²) in [6.45, 7) is 10.9. The van der Waals surface area contributed by atoms with E-state index in [-0.39, 0.29) is 5.54 Å². The molecule has 2 aliphatic rings. The van der Waals surface area contributed by atoms with Gasteiger partial charge in [-0.25, -0.2) is 0 Å². The fourth-order valence-corrected chi connectivity index (χ4v) is 5.55. The predicted octanol–water partition coefficient (Wildman–Crippen LogP) is 7.21. The van der Waals surface area contributed by atoms with Gasteiger partial charge in [0.25, 0.3) is 0 Å². The van der Waals surface area contributed by atoms with E-state index in [1.54, 1.807) is 0 Å². The molecule has 1 aliphatic carbocycles. The molecule has 156 valence electrons. The van der Waals surface area contributed by atoms with Gasteiger partial charge in [-0.15, -0.1) is 0 Å². The van der Waals surface area contributed by atoms with Crippen LogP contribution in [0, 0.1) is 6.92 Å². The molecule has 1 heterocycles.